The van der Waals surface area contributed by atoms with Crippen molar-refractivity contribution in [3.05, 3.63) is 23.8 Å². The second-order valence-electron chi connectivity index (χ2n) is 3.45. The summed E-state index contributed by atoms with van der Waals surface area (Å²) in [5, 5.41) is 0. The molecule has 0 aromatic carbocycles. The van der Waals surface area contributed by atoms with Crippen molar-refractivity contribution in [3.63, 3.8) is 0 Å². The van der Waals surface area contributed by atoms with Gasteiger partial charge in [0.2, 0.25) is 0 Å². The Hall–Kier alpha value is -0.920. The summed E-state index contributed by atoms with van der Waals surface area (Å²) in [6.07, 6.45) is 5.75. The molecule has 0 atom stereocenters. The van der Waals surface area contributed by atoms with Crippen LogP contribution in [0.25, 0.3) is 0 Å². The Balaban J connectivity index is 2.65. The molecule has 0 aliphatic heterocycles. The number of aromatic nitrogens is 2. The quantitative estimate of drug-likeness (QED) is 0.684. The standard InChI is InChI=1S/C10H16N2/c1-4-9-6-12-10(7-11-9)5-8(2)3/h6-8H,4-5H2,1-3H3. The van der Waals surface area contributed by atoms with Crippen molar-refractivity contribution in [3.8, 4) is 0 Å². The minimum Gasteiger partial charge on any atom is -0.258 e. The zero-order valence-corrected chi connectivity index (χ0v) is 8.04. The number of rotatable bonds is 3. The third-order valence-corrected chi connectivity index (χ3v) is 1.74. The Morgan fingerprint density at radius 1 is 1.17 bits per heavy atom. The lowest BCUT2D eigenvalue weighted by molar-refractivity contribution is 0.632. The second kappa shape index (κ2) is 4.19. The van der Waals surface area contributed by atoms with Gasteiger partial charge in [-0.05, 0) is 18.8 Å². The van der Waals surface area contributed by atoms with Crippen LogP contribution in [0.5, 0.6) is 0 Å². The summed E-state index contributed by atoms with van der Waals surface area (Å²) in [5.74, 6) is 0.659. The van der Waals surface area contributed by atoms with Gasteiger partial charge in [0.1, 0.15) is 0 Å². The van der Waals surface area contributed by atoms with Crippen molar-refractivity contribution in [2.75, 3.05) is 0 Å². The third-order valence-electron chi connectivity index (χ3n) is 1.74. The highest BCUT2D eigenvalue weighted by atomic mass is 14.8. The van der Waals surface area contributed by atoms with Crippen LogP contribution in [-0.4, -0.2) is 9.97 Å². The molecule has 1 heterocycles. The SMILES string of the molecule is CCc1cnc(CC(C)C)cn1. The van der Waals surface area contributed by atoms with Gasteiger partial charge in [0, 0.05) is 12.4 Å². The minimum atomic E-state index is 0.659. The maximum absolute atomic E-state index is 4.33. The van der Waals surface area contributed by atoms with Crippen molar-refractivity contribution in [1.82, 2.24) is 9.97 Å². The highest BCUT2D eigenvalue weighted by molar-refractivity contribution is 5.02. The van der Waals surface area contributed by atoms with Crippen LogP contribution in [0.4, 0.5) is 0 Å². The minimum absolute atomic E-state index is 0.659. The van der Waals surface area contributed by atoms with Crippen LogP contribution in [0, 0.1) is 5.92 Å². The summed E-state index contributed by atoms with van der Waals surface area (Å²) in [4.78, 5) is 8.61. The summed E-state index contributed by atoms with van der Waals surface area (Å²) < 4.78 is 0. The number of aryl methyl sites for hydroxylation is 1. The molecule has 1 aromatic rings. The van der Waals surface area contributed by atoms with Crippen LogP contribution >= 0.6 is 0 Å². The van der Waals surface area contributed by atoms with Crippen molar-refractivity contribution in [2.45, 2.75) is 33.6 Å². The van der Waals surface area contributed by atoms with Gasteiger partial charge in [-0.25, -0.2) is 0 Å². The molecule has 0 radical (unpaired) electrons. The molecule has 1 rings (SSSR count). The first-order valence-electron chi connectivity index (χ1n) is 4.52. The summed E-state index contributed by atoms with van der Waals surface area (Å²) in [6.45, 7) is 6.47. The Labute approximate surface area is 74.1 Å². The average Bonchev–Trinajstić information content (AvgIpc) is 2.05. The normalized spacial score (nSPS) is 10.7. The van der Waals surface area contributed by atoms with Crippen LogP contribution in [0.3, 0.4) is 0 Å². The molecule has 0 bridgehead atoms. The Morgan fingerprint density at radius 2 is 1.75 bits per heavy atom. The lowest BCUT2D eigenvalue weighted by Crippen LogP contribution is -1.99. The number of hydrogen-bond acceptors (Lipinski definition) is 2. The van der Waals surface area contributed by atoms with Gasteiger partial charge in [0.05, 0.1) is 11.4 Å². The fourth-order valence-corrected chi connectivity index (χ4v) is 1.09. The first-order chi connectivity index (χ1) is 5.72. The molecule has 1 aromatic heterocycles. The molecule has 0 saturated heterocycles. The van der Waals surface area contributed by atoms with Crippen molar-refractivity contribution in [2.24, 2.45) is 5.92 Å². The fourth-order valence-electron chi connectivity index (χ4n) is 1.09. The Kier molecular flexibility index (Phi) is 3.20. The molecule has 0 aliphatic rings. The molecule has 0 unspecified atom stereocenters. The van der Waals surface area contributed by atoms with Crippen LogP contribution in [0.15, 0.2) is 12.4 Å². The molecule has 0 amide bonds. The van der Waals surface area contributed by atoms with Crippen LogP contribution in [-0.2, 0) is 12.8 Å². The van der Waals surface area contributed by atoms with E-state index in [1.165, 1.54) is 0 Å². The highest BCUT2D eigenvalue weighted by Crippen LogP contribution is 2.03. The lowest BCUT2D eigenvalue weighted by Gasteiger charge is -2.03. The van der Waals surface area contributed by atoms with Gasteiger partial charge in [-0.15, -0.1) is 0 Å². The molecule has 2 heteroatoms. The molecule has 0 fully saturated rings. The molecule has 0 N–H and O–H groups in total. The molecule has 0 aliphatic carbocycles. The van der Waals surface area contributed by atoms with Crippen molar-refractivity contribution >= 4 is 0 Å². The predicted octanol–water partition coefficient (Wildman–Crippen LogP) is 2.24. The first-order valence-corrected chi connectivity index (χ1v) is 4.52. The maximum atomic E-state index is 4.33. The first kappa shape index (κ1) is 9.17. The third kappa shape index (κ3) is 2.61. The van der Waals surface area contributed by atoms with Crippen molar-refractivity contribution < 1.29 is 0 Å². The fraction of sp³-hybridized carbons (Fsp3) is 0.600. The van der Waals surface area contributed by atoms with Gasteiger partial charge >= 0.3 is 0 Å². The zero-order chi connectivity index (χ0) is 8.97. The van der Waals surface area contributed by atoms with E-state index < -0.39 is 0 Å². The van der Waals surface area contributed by atoms with E-state index >= 15 is 0 Å². The average molecular weight is 164 g/mol. The molecular formula is C10H16N2. The summed E-state index contributed by atoms with van der Waals surface area (Å²) >= 11 is 0. The summed E-state index contributed by atoms with van der Waals surface area (Å²) in [6, 6.07) is 0. The van der Waals surface area contributed by atoms with Crippen LogP contribution in [0.2, 0.25) is 0 Å². The molecule has 66 valence electrons. The van der Waals surface area contributed by atoms with Crippen LogP contribution < -0.4 is 0 Å². The highest BCUT2D eigenvalue weighted by Gasteiger charge is 1.99. The van der Waals surface area contributed by atoms with E-state index in [-0.39, 0.29) is 0 Å². The molecule has 2 nitrogen and oxygen atoms in total. The van der Waals surface area contributed by atoms with Gasteiger partial charge < -0.3 is 0 Å². The zero-order valence-electron chi connectivity index (χ0n) is 8.04. The summed E-state index contributed by atoms with van der Waals surface area (Å²) in [7, 11) is 0. The molecule has 0 spiro atoms. The van der Waals surface area contributed by atoms with Gasteiger partial charge in [-0.1, -0.05) is 20.8 Å². The molecule has 0 saturated carbocycles. The van der Waals surface area contributed by atoms with E-state index in [0.29, 0.717) is 5.92 Å². The maximum Gasteiger partial charge on any atom is 0.0589 e. The largest absolute Gasteiger partial charge is 0.258 e. The van der Waals surface area contributed by atoms with Gasteiger partial charge in [-0.2, -0.15) is 0 Å². The molecular weight excluding hydrogens is 148 g/mol. The van der Waals surface area contributed by atoms with Crippen LogP contribution in [0.1, 0.15) is 32.2 Å². The number of hydrogen-bond donors (Lipinski definition) is 0. The van der Waals surface area contributed by atoms with Gasteiger partial charge in [0.25, 0.3) is 0 Å². The van der Waals surface area contributed by atoms with E-state index in [2.05, 4.69) is 30.7 Å². The molecule has 12 heavy (non-hydrogen) atoms. The van der Waals surface area contributed by atoms with Gasteiger partial charge in [0.15, 0.2) is 0 Å². The van der Waals surface area contributed by atoms with E-state index in [0.717, 1.165) is 24.2 Å². The lowest BCUT2D eigenvalue weighted by atomic mass is 10.1. The number of nitrogens with zero attached hydrogens (tertiary/aromatic N) is 2. The van der Waals surface area contributed by atoms with E-state index in [1.54, 1.807) is 0 Å². The van der Waals surface area contributed by atoms with E-state index in [1.807, 2.05) is 12.4 Å². The van der Waals surface area contributed by atoms with Crippen molar-refractivity contribution in [1.29, 1.82) is 0 Å². The summed E-state index contributed by atoms with van der Waals surface area (Å²) in [5.41, 5.74) is 2.17. The van der Waals surface area contributed by atoms with E-state index in [9.17, 15) is 0 Å². The Bertz CT molecular complexity index is 226. The monoisotopic (exact) mass is 164 g/mol. The second-order valence-corrected chi connectivity index (χ2v) is 3.45. The van der Waals surface area contributed by atoms with E-state index in [4.69, 9.17) is 0 Å². The predicted molar refractivity (Wildman–Crippen MR) is 50.0 cm³/mol. The topological polar surface area (TPSA) is 25.8 Å². The van der Waals surface area contributed by atoms with Gasteiger partial charge in [-0.3, -0.25) is 9.97 Å². The smallest absolute Gasteiger partial charge is 0.0589 e. The Morgan fingerprint density at radius 3 is 2.17 bits per heavy atom.